The van der Waals surface area contributed by atoms with Gasteiger partial charge in [-0.25, -0.2) is 0 Å². The summed E-state index contributed by atoms with van der Waals surface area (Å²) in [5.41, 5.74) is -1.40. The molecule has 1 atom stereocenters. The minimum absolute atomic E-state index is 0.0211. The normalized spacial score (nSPS) is 14.3. The molecule has 0 aliphatic carbocycles. The Kier molecular flexibility index (Phi) is 21.9. The number of esters is 2. The summed E-state index contributed by atoms with van der Waals surface area (Å²) in [4.78, 5) is 38.1. The molecule has 272 valence electrons. The van der Waals surface area contributed by atoms with Gasteiger partial charge in [0, 0.05) is 12.0 Å². The molecule has 0 aromatic rings. The van der Waals surface area contributed by atoms with Crippen LogP contribution >= 0.6 is 0 Å². The largest absolute Gasteiger partial charge is 0.465 e. The lowest BCUT2D eigenvalue weighted by molar-refractivity contribution is -0.155. The fraction of sp³-hybridized carbons (Fsp3) is 0.625. The topological polar surface area (TPSA) is 90.9 Å². The Morgan fingerprint density at radius 3 is 1.52 bits per heavy atom. The van der Waals surface area contributed by atoms with E-state index in [0.717, 1.165) is 38.5 Å². The third-order valence-electron chi connectivity index (χ3n) is 7.70. The Morgan fingerprint density at radius 2 is 1.10 bits per heavy atom. The van der Waals surface area contributed by atoms with Gasteiger partial charge in [0.25, 0.3) is 0 Å². The van der Waals surface area contributed by atoms with E-state index < -0.39 is 25.4 Å². The van der Waals surface area contributed by atoms with E-state index in [2.05, 4.69) is 107 Å². The van der Waals surface area contributed by atoms with Crippen molar-refractivity contribution in [3.8, 4) is 0 Å². The maximum absolute atomic E-state index is 13.4. The Labute approximate surface area is 294 Å². The molecule has 0 unspecified atom stereocenters. The summed E-state index contributed by atoms with van der Waals surface area (Å²) in [6, 6.07) is 0. The van der Waals surface area contributed by atoms with Crippen molar-refractivity contribution >= 4 is 26.2 Å². The van der Waals surface area contributed by atoms with E-state index in [1.54, 1.807) is 20.8 Å². The Morgan fingerprint density at radius 1 is 0.667 bits per heavy atom. The van der Waals surface area contributed by atoms with Gasteiger partial charge in [-0.05, 0) is 77.4 Å². The number of carbonyl (C=O) groups excluding carboxylic acids is 3. The van der Waals surface area contributed by atoms with E-state index in [4.69, 9.17) is 13.9 Å². The molecule has 0 saturated heterocycles. The highest BCUT2D eigenvalue weighted by atomic mass is 28.4. The van der Waals surface area contributed by atoms with Crippen molar-refractivity contribution in [2.75, 3.05) is 13.2 Å². The average molecular weight is 686 g/mol. The highest BCUT2D eigenvalue weighted by molar-refractivity contribution is 6.74. The number of carbonyl (C=O) groups is 3. The molecule has 0 heterocycles. The monoisotopic (exact) mass is 685 g/mol. The maximum Gasteiger partial charge on any atom is 0.309 e. The number of amides is 1. The average Bonchev–Trinajstić information content (AvgIpc) is 2.96. The van der Waals surface area contributed by atoms with Gasteiger partial charge in [-0.2, -0.15) is 0 Å². The lowest BCUT2D eigenvalue weighted by Gasteiger charge is -2.43. The summed E-state index contributed by atoms with van der Waals surface area (Å²) in [7, 11) is -2.37. The smallest absolute Gasteiger partial charge is 0.309 e. The van der Waals surface area contributed by atoms with Gasteiger partial charge in [-0.1, -0.05) is 114 Å². The molecule has 0 spiro atoms. The number of allylic oxidation sites excluding steroid dienone is 11. The number of ether oxygens (including phenoxy) is 2. The summed E-state index contributed by atoms with van der Waals surface area (Å²) < 4.78 is 17.6. The fourth-order valence-electron chi connectivity index (χ4n) is 3.91. The zero-order chi connectivity index (χ0) is 36.7. The summed E-state index contributed by atoms with van der Waals surface area (Å²) in [5, 5.41) is 2.71. The van der Waals surface area contributed by atoms with Gasteiger partial charge >= 0.3 is 11.9 Å². The van der Waals surface area contributed by atoms with Crippen LogP contribution in [0.25, 0.3) is 0 Å². The van der Waals surface area contributed by atoms with Crippen molar-refractivity contribution in [3.63, 3.8) is 0 Å². The number of hydrogen-bond acceptors (Lipinski definition) is 6. The first-order valence-corrected chi connectivity index (χ1v) is 20.5. The van der Waals surface area contributed by atoms with Crippen LogP contribution in [0.4, 0.5) is 0 Å². The zero-order valence-corrected chi connectivity index (χ0v) is 33.0. The van der Waals surface area contributed by atoms with Crippen LogP contribution in [0.2, 0.25) is 18.1 Å². The minimum atomic E-state index is -2.37. The van der Waals surface area contributed by atoms with E-state index in [1.807, 2.05) is 26.0 Å². The molecule has 0 bridgehead atoms. The summed E-state index contributed by atoms with van der Waals surface area (Å²) in [5.74, 6) is -1.08. The minimum Gasteiger partial charge on any atom is -0.465 e. The van der Waals surface area contributed by atoms with Gasteiger partial charge in [0.2, 0.25) is 5.91 Å². The second-order valence-electron chi connectivity index (χ2n) is 15.2. The van der Waals surface area contributed by atoms with Crippen molar-refractivity contribution < 1.29 is 28.3 Å². The third kappa shape index (κ3) is 22.6. The molecular formula is C40H67NO6Si. The first kappa shape index (κ1) is 45.0. The zero-order valence-electron chi connectivity index (χ0n) is 32.0. The molecule has 0 aromatic heterocycles. The van der Waals surface area contributed by atoms with Crippen LogP contribution in [0.1, 0.15) is 114 Å². The Hall–Kier alpha value is -2.97. The molecule has 0 aromatic carbocycles. The lowest BCUT2D eigenvalue weighted by atomic mass is 9.87. The van der Waals surface area contributed by atoms with Crippen molar-refractivity contribution in [1.29, 1.82) is 0 Å². The van der Waals surface area contributed by atoms with E-state index >= 15 is 0 Å². The first-order chi connectivity index (χ1) is 22.3. The molecule has 0 fully saturated rings. The number of rotatable bonds is 22. The van der Waals surface area contributed by atoms with E-state index in [1.165, 1.54) is 0 Å². The van der Waals surface area contributed by atoms with Gasteiger partial charge in [-0.15, -0.1) is 0 Å². The van der Waals surface area contributed by atoms with Gasteiger partial charge in [0.05, 0.1) is 19.4 Å². The number of hydrogen-bond donors (Lipinski definition) is 1. The second-order valence-corrected chi connectivity index (χ2v) is 19.9. The fourth-order valence-corrected chi connectivity index (χ4v) is 5.28. The van der Waals surface area contributed by atoms with Crippen molar-refractivity contribution in [3.05, 3.63) is 72.9 Å². The third-order valence-corrected chi connectivity index (χ3v) is 12.1. The maximum atomic E-state index is 13.4. The van der Waals surface area contributed by atoms with Crippen molar-refractivity contribution in [2.45, 2.75) is 144 Å². The van der Waals surface area contributed by atoms with Crippen LogP contribution in [-0.2, 0) is 28.3 Å². The highest BCUT2D eigenvalue weighted by Crippen LogP contribution is 2.40. The predicted molar refractivity (Wildman–Crippen MR) is 203 cm³/mol. The molecule has 8 heteroatoms. The van der Waals surface area contributed by atoms with E-state index in [9.17, 15) is 14.4 Å². The van der Waals surface area contributed by atoms with Crippen LogP contribution in [0, 0.1) is 5.41 Å². The van der Waals surface area contributed by atoms with E-state index in [-0.39, 0.29) is 48.9 Å². The molecule has 1 N–H and O–H groups in total. The Bertz CT molecular complexity index is 1130. The number of nitrogens with one attached hydrogen (secondary N) is 1. The molecular weight excluding hydrogens is 619 g/mol. The van der Waals surface area contributed by atoms with Crippen LogP contribution in [0.15, 0.2) is 72.9 Å². The Balaban J connectivity index is 4.79. The van der Waals surface area contributed by atoms with Crippen LogP contribution in [0.5, 0.6) is 0 Å². The van der Waals surface area contributed by atoms with Crippen molar-refractivity contribution in [2.24, 2.45) is 5.41 Å². The molecule has 0 aliphatic rings. The summed E-state index contributed by atoms with van der Waals surface area (Å²) in [6.45, 7) is 21.9. The van der Waals surface area contributed by atoms with Crippen LogP contribution < -0.4 is 5.32 Å². The van der Waals surface area contributed by atoms with Crippen molar-refractivity contribution in [1.82, 2.24) is 5.32 Å². The summed E-state index contributed by atoms with van der Waals surface area (Å²) >= 11 is 0. The second kappa shape index (κ2) is 23.4. The lowest BCUT2D eigenvalue weighted by Crippen LogP contribution is -2.55. The predicted octanol–water partition coefficient (Wildman–Crippen LogP) is 9.88. The van der Waals surface area contributed by atoms with Crippen LogP contribution in [0.3, 0.4) is 0 Å². The highest BCUT2D eigenvalue weighted by Gasteiger charge is 2.46. The summed E-state index contributed by atoms with van der Waals surface area (Å²) in [6.07, 6.45) is 30.3. The van der Waals surface area contributed by atoms with Gasteiger partial charge in [0.1, 0.15) is 11.7 Å². The molecule has 48 heavy (non-hydrogen) atoms. The van der Waals surface area contributed by atoms with Gasteiger partial charge in [0.15, 0.2) is 8.32 Å². The quantitative estimate of drug-likeness (QED) is 0.0693. The molecule has 0 radical (unpaired) electrons. The van der Waals surface area contributed by atoms with Gasteiger partial charge < -0.3 is 19.2 Å². The first-order valence-electron chi connectivity index (χ1n) is 17.6. The molecule has 0 rings (SSSR count). The standard InChI is InChI=1S/C40H67NO6Si/c1-12-13-14-15-16-17-18-19-20-21-22-23-24-25-26-27-28-29-30-34(42)45-33-40(8,9)36(47-48(10,11)39(5,6)7)37(44)41-32-31-35(43)46-38(2,3)4/h13-14,16-17,19-20,22-23,25-26,28-29,36H,12,15,18,21,24,27,30-33H2,1-11H3,(H,41,44)/b14-13-,17-16-,20-19-,23-22-,26-25-,29-28-/t36-/m0/s1. The molecule has 1 amide bonds. The van der Waals surface area contributed by atoms with E-state index in [0.29, 0.717) is 0 Å². The SMILES string of the molecule is CC/C=C\C/C=C\C/C=C\C/C=C\C/C=C\C/C=C\CC(=O)OCC(C)(C)[C@@H](O[Si](C)(C)C(C)(C)C)C(=O)NCCC(=O)OC(C)(C)C. The molecule has 0 aliphatic heterocycles. The molecule has 0 saturated carbocycles. The van der Waals surface area contributed by atoms with Gasteiger partial charge in [-0.3, -0.25) is 14.4 Å². The molecule has 7 nitrogen and oxygen atoms in total. The van der Waals surface area contributed by atoms with Crippen LogP contribution in [-0.4, -0.2) is 51.0 Å².